The van der Waals surface area contributed by atoms with Gasteiger partial charge in [0.25, 0.3) is 5.56 Å². The second kappa shape index (κ2) is 8.75. The summed E-state index contributed by atoms with van der Waals surface area (Å²) in [7, 11) is 1.54. The van der Waals surface area contributed by atoms with E-state index in [1.807, 2.05) is 51.1 Å². The lowest BCUT2D eigenvalue weighted by Gasteiger charge is -2.20. The second-order valence-corrected chi connectivity index (χ2v) is 9.02. The molecule has 170 valence electrons. The Morgan fingerprint density at radius 3 is 2.61 bits per heavy atom. The lowest BCUT2D eigenvalue weighted by Crippen LogP contribution is -2.24. The van der Waals surface area contributed by atoms with Gasteiger partial charge in [-0.05, 0) is 51.4 Å². The molecule has 2 aromatic heterocycles. The minimum atomic E-state index is -0.545. The van der Waals surface area contributed by atoms with Crippen molar-refractivity contribution in [3.8, 4) is 17.0 Å². The van der Waals surface area contributed by atoms with E-state index in [-0.39, 0.29) is 24.0 Å². The highest BCUT2D eigenvalue weighted by Gasteiger charge is 2.19. The van der Waals surface area contributed by atoms with Gasteiger partial charge in [-0.15, -0.1) is 0 Å². The molecule has 0 aliphatic heterocycles. The zero-order chi connectivity index (χ0) is 23.8. The van der Waals surface area contributed by atoms with Gasteiger partial charge in [0.15, 0.2) is 0 Å². The molecular formula is C26H26FN3O3. The topological polar surface area (TPSA) is 77.2 Å². The third kappa shape index (κ3) is 4.50. The Labute approximate surface area is 191 Å². The number of aromatic nitrogens is 3. The number of rotatable bonds is 5. The Hall–Kier alpha value is -3.58. The van der Waals surface area contributed by atoms with E-state index in [0.717, 1.165) is 22.3 Å². The Balaban J connectivity index is 1.71. The van der Waals surface area contributed by atoms with E-state index in [9.17, 15) is 14.3 Å². The number of hydrogen-bond acceptors (Lipinski definition) is 5. The number of halogens is 1. The molecule has 0 aliphatic rings. The Morgan fingerprint density at radius 2 is 1.91 bits per heavy atom. The monoisotopic (exact) mass is 447 g/mol. The number of methoxy groups -OCH3 is 1. The molecule has 0 fully saturated rings. The van der Waals surface area contributed by atoms with Crippen molar-refractivity contribution >= 4 is 10.8 Å². The van der Waals surface area contributed by atoms with Gasteiger partial charge < -0.3 is 9.84 Å². The number of nitrogens with zero attached hydrogens (tertiary/aromatic N) is 3. The van der Waals surface area contributed by atoms with Gasteiger partial charge in [-0.25, -0.2) is 14.1 Å². The molecule has 0 aliphatic carbocycles. The van der Waals surface area contributed by atoms with E-state index in [4.69, 9.17) is 4.74 Å². The molecule has 4 rings (SSSR count). The zero-order valence-corrected chi connectivity index (χ0v) is 19.1. The predicted molar refractivity (Wildman–Crippen MR) is 126 cm³/mol. The first-order valence-electron chi connectivity index (χ1n) is 10.6. The molecule has 7 heteroatoms. The maximum absolute atomic E-state index is 14.9. The third-order valence-corrected chi connectivity index (χ3v) is 5.70. The molecular weight excluding hydrogens is 421 g/mol. The van der Waals surface area contributed by atoms with E-state index in [2.05, 4.69) is 10.1 Å². The number of aliphatic hydroxyl groups is 1. The number of ether oxygens (including phenoxy) is 1. The Morgan fingerprint density at radius 1 is 1.12 bits per heavy atom. The van der Waals surface area contributed by atoms with Crippen molar-refractivity contribution in [2.24, 2.45) is 0 Å². The van der Waals surface area contributed by atoms with E-state index in [0.29, 0.717) is 16.8 Å². The number of hydrogen-bond donors (Lipinski definition) is 1. The molecule has 2 aromatic carbocycles. The third-order valence-electron chi connectivity index (χ3n) is 5.70. The van der Waals surface area contributed by atoms with Crippen LogP contribution in [-0.4, -0.2) is 27.0 Å². The van der Waals surface area contributed by atoms with Gasteiger partial charge in [0.05, 0.1) is 31.8 Å². The van der Waals surface area contributed by atoms with Crippen LogP contribution in [0.5, 0.6) is 5.88 Å². The van der Waals surface area contributed by atoms with Gasteiger partial charge in [0, 0.05) is 17.6 Å². The van der Waals surface area contributed by atoms with Gasteiger partial charge in [0.2, 0.25) is 5.88 Å². The lowest BCUT2D eigenvalue weighted by atomic mass is 9.86. The molecule has 0 unspecified atom stereocenters. The van der Waals surface area contributed by atoms with Crippen LogP contribution in [-0.2, 0) is 18.6 Å². The lowest BCUT2D eigenvalue weighted by molar-refractivity contribution is 0.282. The SMILES string of the molecule is COc1cc(-c2ccc(Cn3ncc4cc(C(C)(C)C)cc(F)c4c3=O)cc2CO)ccn1. The molecule has 6 nitrogen and oxygen atoms in total. The molecule has 0 radical (unpaired) electrons. The standard InChI is InChI=1S/C26H26FN3O3/c1-26(2,3)20-10-18-13-29-30(25(32)24(18)22(27)12-20)14-16-5-6-21(19(9-16)15-31)17-7-8-28-23(11-17)33-4/h5-13,31H,14-15H2,1-4H3. The van der Waals surface area contributed by atoms with Crippen LogP contribution in [0.1, 0.15) is 37.5 Å². The van der Waals surface area contributed by atoms with Crippen LogP contribution in [0.15, 0.2) is 59.7 Å². The summed E-state index contributed by atoms with van der Waals surface area (Å²) in [5, 5.41) is 14.7. The fourth-order valence-electron chi connectivity index (χ4n) is 3.83. The van der Waals surface area contributed by atoms with Crippen molar-refractivity contribution < 1.29 is 14.2 Å². The molecule has 33 heavy (non-hydrogen) atoms. The Bertz CT molecular complexity index is 1390. The van der Waals surface area contributed by atoms with Crippen molar-refractivity contribution in [3.05, 3.63) is 87.7 Å². The van der Waals surface area contributed by atoms with E-state index >= 15 is 0 Å². The smallest absolute Gasteiger partial charge is 0.277 e. The predicted octanol–water partition coefficient (Wildman–Crippen LogP) is 4.44. The van der Waals surface area contributed by atoms with Crippen LogP contribution in [0, 0.1) is 5.82 Å². The summed E-state index contributed by atoms with van der Waals surface area (Å²) in [6, 6.07) is 12.4. The normalized spacial score (nSPS) is 11.7. The van der Waals surface area contributed by atoms with Crippen molar-refractivity contribution in [3.63, 3.8) is 0 Å². The van der Waals surface area contributed by atoms with Crippen LogP contribution in [0.25, 0.3) is 21.9 Å². The highest BCUT2D eigenvalue weighted by Crippen LogP contribution is 2.28. The molecule has 0 atom stereocenters. The van der Waals surface area contributed by atoms with Crippen molar-refractivity contribution in [2.45, 2.75) is 39.3 Å². The van der Waals surface area contributed by atoms with E-state index in [1.165, 1.54) is 16.9 Å². The minimum Gasteiger partial charge on any atom is -0.481 e. The highest BCUT2D eigenvalue weighted by molar-refractivity contribution is 5.82. The Kier molecular flexibility index (Phi) is 5.99. The number of aliphatic hydroxyl groups excluding tert-OH is 1. The zero-order valence-electron chi connectivity index (χ0n) is 19.1. The van der Waals surface area contributed by atoms with Crippen molar-refractivity contribution in [1.29, 1.82) is 0 Å². The summed E-state index contributed by atoms with van der Waals surface area (Å²) in [6.45, 7) is 5.95. The largest absolute Gasteiger partial charge is 0.481 e. The van der Waals surface area contributed by atoms with Crippen LogP contribution in [0.2, 0.25) is 0 Å². The average molecular weight is 448 g/mol. The first-order chi connectivity index (χ1) is 15.7. The number of pyridine rings is 1. The summed E-state index contributed by atoms with van der Waals surface area (Å²) in [4.78, 5) is 17.1. The summed E-state index contributed by atoms with van der Waals surface area (Å²) in [6.07, 6.45) is 3.17. The summed E-state index contributed by atoms with van der Waals surface area (Å²) >= 11 is 0. The molecule has 0 saturated heterocycles. The first kappa shape index (κ1) is 22.6. The van der Waals surface area contributed by atoms with Crippen LogP contribution < -0.4 is 10.3 Å². The van der Waals surface area contributed by atoms with Crippen molar-refractivity contribution in [1.82, 2.24) is 14.8 Å². The molecule has 0 saturated carbocycles. The maximum Gasteiger partial charge on any atom is 0.277 e. The van der Waals surface area contributed by atoms with Gasteiger partial charge in [-0.1, -0.05) is 39.0 Å². The summed E-state index contributed by atoms with van der Waals surface area (Å²) in [5.41, 5.74) is 3.23. The van der Waals surface area contributed by atoms with Gasteiger partial charge in [-0.2, -0.15) is 5.10 Å². The maximum atomic E-state index is 14.9. The molecule has 0 spiro atoms. The van der Waals surface area contributed by atoms with Crippen LogP contribution in [0.4, 0.5) is 4.39 Å². The van der Waals surface area contributed by atoms with E-state index < -0.39 is 11.4 Å². The highest BCUT2D eigenvalue weighted by atomic mass is 19.1. The summed E-state index contributed by atoms with van der Waals surface area (Å²) in [5.74, 6) is -0.0689. The quantitative estimate of drug-likeness (QED) is 0.489. The van der Waals surface area contributed by atoms with Crippen LogP contribution in [0.3, 0.4) is 0 Å². The van der Waals surface area contributed by atoms with Crippen LogP contribution >= 0.6 is 0 Å². The molecule has 0 amide bonds. The molecule has 0 bridgehead atoms. The van der Waals surface area contributed by atoms with Gasteiger partial charge in [0.1, 0.15) is 5.82 Å². The average Bonchev–Trinajstić information content (AvgIpc) is 2.80. The van der Waals surface area contributed by atoms with Gasteiger partial charge in [-0.3, -0.25) is 4.79 Å². The fraction of sp³-hybridized carbons (Fsp3) is 0.269. The van der Waals surface area contributed by atoms with Gasteiger partial charge >= 0.3 is 0 Å². The molecule has 2 heterocycles. The minimum absolute atomic E-state index is 0.0286. The fourth-order valence-corrected chi connectivity index (χ4v) is 3.83. The number of benzene rings is 2. The summed E-state index contributed by atoms with van der Waals surface area (Å²) < 4.78 is 21.3. The molecule has 4 aromatic rings. The first-order valence-corrected chi connectivity index (χ1v) is 10.6. The second-order valence-electron chi connectivity index (χ2n) is 9.02. The number of fused-ring (bicyclic) bond motifs is 1. The molecule has 1 N–H and O–H groups in total. The van der Waals surface area contributed by atoms with Crippen molar-refractivity contribution in [2.75, 3.05) is 7.11 Å². The van der Waals surface area contributed by atoms with E-state index in [1.54, 1.807) is 19.4 Å².